The van der Waals surface area contributed by atoms with Gasteiger partial charge in [0.2, 0.25) is 0 Å². The zero-order valence-corrected chi connectivity index (χ0v) is 20.1. The standard InChI is InChI=1S/C24H28BrN3O5/c1-16-21(23(30)31)14-20(15-27-16)33-24(32)28-11-7-17(8-12-28)5-6-18-3-2-4-19(13-18)22(29)26-10-9-25/h2-4,13-15,17H,5-12H2,1H3,(H,26,29)(H,30,31). The van der Waals surface area contributed by atoms with Crippen molar-refractivity contribution in [2.24, 2.45) is 5.92 Å². The number of amides is 2. The number of pyridine rings is 1. The molecule has 1 aromatic heterocycles. The van der Waals surface area contributed by atoms with E-state index in [-0.39, 0.29) is 17.2 Å². The predicted octanol–water partition coefficient (Wildman–Crippen LogP) is 4.06. The molecule has 2 amide bonds. The molecule has 9 heteroatoms. The van der Waals surface area contributed by atoms with Crippen LogP contribution in [0.15, 0.2) is 36.5 Å². The number of piperidine rings is 1. The van der Waals surface area contributed by atoms with Gasteiger partial charge in [-0.15, -0.1) is 0 Å². The molecule has 0 saturated carbocycles. The molecule has 3 rings (SSSR count). The highest BCUT2D eigenvalue weighted by atomic mass is 79.9. The number of carboxylic acid groups (broad SMARTS) is 1. The second kappa shape index (κ2) is 11.8. The monoisotopic (exact) mass is 517 g/mol. The molecule has 2 heterocycles. The number of ether oxygens (including phenoxy) is 1. The third kappa shape index (κ3) is 7.02. The van der Waals surface area contributed by atoms with Gasteiger partial charge in [-0.2, -0.15) is 0 Å². The van der Waals surface area contributed by atoms with Crippen LogP contribution >= 0.6 is 15.9 Å². The van der Waals surface area contributed by atoms with Crippen LogP contribution in [0.4, 0.5) is 4.79 Å². The van der Waals surface area contributed by atoms with E-state index < -0.39 is 12.1 Å². The van der Waals surface area contributed by atoms with Gasteiger partial charge >= 0.3 is 12.1 Å². The number of alkyl halides is 1. The van der Waals surface area contributed by atoms with Crippen molar-refractivity contribution in [2.45, 2.75) is 32.6 Å². The molecule has 2 aromatic rings. The number of carbonyl (C=O) groups is 3. The minimum Gasteiger partial charge on any atom is -0.478 e. The number of hydrogen-bond donors (Lipinski definition) is 2. The Hall–Kier alpha value is -2.94. The first-order valence-corrected chi connectivity index (χ1v) is 12.1. The number of aromatic carboxylic acids is 1. The molecular weight excluding hydrogens is 490 g/mol. The van der Waals surface area contributed by atoms with Gasteiger partial charge in [0.1, 0.15) is 0 Å². The van der Waals surface area contributed by atoms with E-state index in [0.717, 1.165) is 36.6 Å². The third-order valence-electron chi connectivity index (χ3n) is 5.78. The maximum atomic E-state index is 12.5. The lowest BCUT2D eigenvalue weighted by molar-refractivity contribution is 0.0694. The minimum absolute atomic E-state index is 0.0173. The topological polar surface area (TPSA) is 109 Å². The number of benzene rings is 1. The molecule has 0 spiro atoms. The van der Waals surface area contributed by atoms with Crippen LogP contribution in [0.1, 0.15) is 51.2 Å². The number of nitrogens with one attached hydrogen (secondary N) is 1. The summed E-state index contributed by atoms with van der Waals surface area (Å²) in [6.45, 7) is 3.36. The summed E-state index contributed by atoms with van der Waals surface area (Å²) in [6.07, 6.45) is 4.47. The zero-order chi connectivity index (χ0) is 23.8. The molecule has 176 valence electrons. The molecule has 33 heavy (non-hydrogen) atoms. The Morgan fingerprint density at radius 2 is 2.00 bits per heavy atom. The van der Waals surface area contributed by atoms with Gasteiger partial charge in [0.05, 0.1) is 17.5 Å². The van der Waals surface area contributed by atoms with Crippen molar-refractivity contribution in [1.82, 2.24) is 15.2 Å². The Morgan fingerprint density at radius 1 is 1.24 bits per heavy atom. The highest BCUT2D eigenvalue weighted by Gasteiger charge is 2.24. The van der Waals surface area contributed by atoms with Crippen LogP contribution < -0.4 is 10.1 Å². The van der Waals surface area contributed by atoms with Gasteiger partial charge in [0, 0.05) is 30.5 Å². The van der Waals surface area contributed by atoms with Gasteiger partial charge in [-0.25, -0.2) is 9.59 Å². The van der Waals surface area contributed by atoms with E-state index >= 15 is 0 Å². The molecule has 1 aromatic carbocycles. The summed E-state index contributed by atoms with van der Waals surface area (Å²) in [5.74, 6) is -0.559. The van der Waals surface area contributed by atoms with Crippen molar-refractivity contribution in [3.8, 4) is 5.75 Å². The lowest BCUT2D eigenvalue weighted by atomic mass is 9.90. The summed E-state index contributed by atoms with van der Waals surface area (Å²) < 4.78 is 5.35. The van der Waals surface area contributed by atoms with E-state index in [2.05, 4.69) is 26.2 Å². The van der Waals surface area contributed by atoms with Crippen molar-refractivity contribution in [1.29, 1.82) is 0 Å². The molecule has 0 atom stereocenters. The van der Waals surface area contributed by atoms with Crippen LogP contribution in [0.3, 0.4) is 0 Å². The second-order valence-electron chi connectivity index (χ2n) is 8.09. The Bertz CT molecular complexity index is 1010. The number of likely N-dealkylation sites (tertiary alicyclic amines) is 1. The normalized spacial score (nSPS) is 14.1. The highest BCUT2D eigenvalue weighted by molar-refractivity contribution is 9.09. The largest absolute Gasteiger partial charge is 0.478 e. The first-order chi connectivity index (χ1) is 15.9. The number of aryl methyl sites for hydroxylation is 2. The number of halogens is 1. The molecular formula is C24H28BrN3O5. The maximum absolute atomic E-state index is 12.5. The quantitative estimate of drug-likeness (QED) is 0.511. The van der Waals surface area contributed by atoms with Crippen molar-refractivity contribution in [3.05, 3.63) is 58.9 Å². The van der Waals surface area contributed by atoms with E-state index in [1.54, 1.807) is 11.8 Å². The van der Waals surface area contributed by atoms with Gasteiger partial charge in [0.15, 0.2) is 5.75 Å². The SMILES string of the molecule is Cc1ncc(OC(=O)N2CCC(CCc3cccc(C(=O)NCCBr)c3)CC2)cc1C(=O)O. The molecule has 1 aliphatic heterocycles. The van der Waals surface area contributed by atoms with Crippen LogP contribution in [-0.4, -0.2) is 57.9 Å². The van der Waals surface area contributed by atoms with Crippen molar-refractivity contribution in [3.63, 3.8) is 0 Å². The molecule has 1 fully saturated rings. The molecule has 0 aliphatic carbocycles. The summed E-state index contributed by atoms with van der Waals surface area (Å²) in [6, 6.07) is 9.03. The highest BCUT2D eigenvalue weighted by Crippen LogP contribution is 2.24. The third-order valence-corrected chi connectivity index (χ3v) is 6.18. The van der Waals surface area contributed by atoms with Gasteiger partial charge in [-0.3, -0.25) is 9.78 Å². The van der Waals surface area contributed by atoms with Crippen molar-refractivity contribution >= 4 is 33.9 Å². The van der Waals surface area contributed by atoms with Gasteiger partial charge in [-0.05, 0) is 62.3 Å². The fourth-order valence-electron chi connectivity index (χ4n) is 3.86. The first kappa shape index (κ1) is 24.7. The molecule has 8 nitrogen and oxygen atoms in total. The summed E-state index contributed by atoms with van der Waals surface area (Å²) in [4.78, 5) is 41.5. The van der Waals surface area contributed by atoms with E-state index in [1.165, 1.54) is 12.3 Å². The molecule has 2 N–H and O–H groups in total. The Balaban J connectivity index is 1.46. The van der Waals surface area contributed by atoms with Crippen LogP contribution in [0, 0.1) is 12.8 Å². The average molecular weight is 518 g/mol. The number of rotatable bonds is 8. The van der Waals surface area contributed by atoms with E-state index in [1.807, 2.05) is 24.3 Å². The van der Waals surface area contributed by atoms with Crippen molar-refractivity contribution in [2.75, 3.05) is 25.0 Å². The van der Waals surface area contributed by atoms with Gasteiger partial charge < -0.3 is 20.1 Å². The Labute approximate surface area is 201 Å². The van der Waals surface area contributed by atoms with E-state index in [4.69, 9.17) is 4.74 Å². The molecule has 0 radical (unpaired) electrons. The number of nitrogens with zero attached hydrogens (tertiary/aromatic N) is 2. The van der Waals surface area contributed by atoms with Crippen LogP contribution in [0.5, 0.6) is 5.75 Å². The molecule has 1 saturated heterocycles. The molecule has 0 unspecified atom stereocenters. The van der Waals surface area contributed by atoms with Crippen LogP contribution in [0.2, 0.25) is 0 Å². The van der Waals surface area contributed by atoms with Crippen LogP contribution in [-0.2, 0) is 6.42 Å². The first-order valence-electron chi connectivity index (χ1n) is 11.0. The number of hydrogen-bond acceptors (Lipinski definition) is 5. The van der Waals surface area contributed by atoms with E-state index in [9.17, 15) is 19.5 Å². The Morgan fingerprint density at radius 3 is 2.70 bits per heavy atom. The lowest BCUT2D eigenvalue weighted by Gasteiger charge is -2.31. The maximum Gasteiger partial charge on any atom is 0.415 e. The zero-order valence-electron chi connectivity index (χ0n) is 18.6. The predicted molar refractivity (Wildman–Crippen MR) is 127 cm³/mol. The lowest BCUT2D eigenvalue weighted by Crippen LogP contribution is -2.40. The summed E-state index contributed by atoms with van der Waals surface area (Å²) >= 11 is 3.30. The number of carboxylic acids is 1. The fraction of sp³-hybridized carbons (Fsp3) is 0.417. The minimum atomic E-state index is -1.11. The summed E-state index contributed by atoms with van der Waals surface area (Å²) in [5, 5.41) is 12.8. The van der Waals surface area contributed by atoms with Gasteiger partial charge in [0.25, 0.3) is 5.91 Å². The number of aromatic nitrogens is 1. The molecule has 1 aliphatic rings. The smallest absolute Gasteiger partial charge is 0.415 e. The molecule has 0 bridgehead atoms. The summed E-state index contributed by atoms with van der Waals surface area (Å²) in [7, 11) is 0. The number of carbonyl (C=O) groups excluding carboxylic acids is 2. The summed E-state index contributed by atoms with van der Waals surface area (Å²) in [5.41, 5.74) is 2.18. The second-order valence-corrected chi connectivity index (χ2v) is 8.88. The Kier molecular flexibility index (Phi) is 8.82. The van der Waals surface area contributed by atoms with Gasteiger partial charge in [-0.1, -0.05) is 28.1 Å². The van der Waals surface area contributed by atoms with Crippen LogP contribution in [0.25, 0.3) is 0 Å². The van der Waals surface area contributed by atoms with E-state index in [0.29, 0.717) is 36.8 Å². The average Bonchev–Trinajstić information content (AvgIpc) is 2.82. The fourth-order valence-corrected chi connectivity index (χ4v) is 4.06. The van der Waals surface area contributed by atoms with Crippen molar-refractivity contribution < 1.29 is 24.2 Å².